The summed E-state index contributed by atoms with van der Waals surface area (Å²) in [4.78, 5) is 22.4. The molecule has 1 aromatic heterocycles. The third-order valence-electron chi connectivity index (χ3n) is 5.22. The Kier molecular flexibility index (Phi) is 8.87. The predicted octanol–water partition coefficient (Wildman–Crippen LogP) is 6.23. The summed E-state index contributed by atoms with van der Waals surface area (Å²) in [5.41, 5.74) is 1.55. The van der Waals surface area contributed by atoms with Gasteiger partial charge in [-0.3, -0.25) is 9.69 Å². The second-order valence-electron chi connectivity index (χ2n) is 7.32. The Bertz CT molecular complexity index is 986. The number of aromatic nitrogens is 1. The number of thiazole rings is 1. The zero-order valence-electron chi connectivity index (χ0n) is 18.4. The molecule has 0 fully saturated rings. The monoisotopic (exact) mass is 503 g/mol. The molecule has 0 saturated carbocycles. The van der Waals surface area contributed by atoms with E-state index in [-0.39, 0.29) is 5.91 Å². The highest BCUT2D eigenvalue weighted by molar-refractivity contribution is 9.10. The fourth-order valence-corrected chi connectivity index (χ4v) is 4.79. The van der Waals surface area contributed by atoms with Crippen LogP contribution < -0.4 is 9.64 Å². The Balaban J connectivity index is 1.84. The van der Waals surface area contributed by atoms with E-state index in [9.17, 15) is 4.79 Å². The Labute approximate surface area is 197 Å². The SMILES string of the molecule is CCCCOc1ccc(C(=O)N(CCN(CC)CC)c2nc3ccc(Br)cc3s2)cc1. The van der Waals surface area contributed by atoms with Gasteiger partial charge in [0.1, 0.15) is 5.75 Å². The van der Waals surface area contributed by atoms with Crippen molar-refractivity contribution in [3.05, 3.63) is 52.5 Å². The Morgan fingerprint density at radius 2 is 1.81 bits per heavy atom. The normalized spacial score (nSPS) is 11.3. The summed E-state index contributed by atoms with van der Waals surface area (Å²) in [6.45, 7) is 10.4. The molecule has 0 atom stereocenters. The van der Waals surface area contributed by atoms with E-state index in [0.29, 0.717) is 18.7 Å². The number of amides is 1. The molecule has 0 radical (unpaired) electrons. The lowest BCUT2D eigenvalue weighted by molar-refractivity contribution is 0.0983. The van der Waals surface area contributed by atoms with E-state index in [1.54, 1.807) is 11.3 Å². The summed E-state index contributed by atoms with van der Waals surface area (Å²) in [7, 11) is 0. The number of ether oxygens (including phenoxy) is 1. The summed E-state index contributed by atoms with van der Waals surface area (Å²) in [6, 6.07) is 13.4. The lowest BCUT2D eigenvalue weighted by Crippen LogP contribution is -2.38. The van der Waals surface area contributed by atoms with Gasteiger partial charge in [-0.05, 0) is 62.0 Å². The summed E-state index contributed by atoms with van der Waals surface area (Å²) in [6.07, 6.45) is 2.12. The quantitative estimate of drug-likeness (QED) is 0.291. The smallest absolute Gasteiger partial charge is 0.260 e. The van der Waals surface area contributed by atoms with Crippen molar-refractivity contribution in [1.82, 2.24) is 9.88 Å². The van der Waals surface area contributed by atoms with E-state index < -0.39 is 0 Å². The number of hydrogen-bond acceptors (Lipinski definition) is 5. The van der Waals surface area contributed by atoms with Gasteiger partial charge in [-0.15, -0.1) is 0 Å². The summed E-state index contributed by atoms with van der Waals surface area (Å²) < 4.78 is 7.81. The van der Waals surface area contributed by atoms with Crippen LogP contribution >= 0.6 is 27.3 Å². The van der Waals surface area contributed by atoms with Crippen molar-refractivity contribution in [3.8, 4) is 5.75 Å². The van der Waals surface area contributed by atoms with Gasteiger partial charge in [0.2, 0.25) is 0 Å². The van der Waals surface area contributed by atoms with Gasteiger partial charge in [-0.2, -0.15) is 0 Å². The van der Waals surface area contributed by atoms with Crippen LogP contribution in [0.5, 0.6) is 5.75 Å². The Morgan fingerprint density at radius 3 is 2.48 bits per heavy atom. The van der Waals surface area contributed by atoms with Gasteiger partial charge < -0.3 is 9.64 Å². The third kappa shape index (κ3) is 6.28. The molecule has 0 saturated heterocycles. The van der Waals surface area contributed by atoms with E-state index in [1.807, 2.05) is 47.4 Å². The zero-order valence-corrected chi connectivity index (χ0v) is 20.8. The molecule has 0 aliphatic heterocycles. The summed E-state index contributed by atoms with van der Waals surface area (Å²) >= 11 is 5.07. The molecule has 3 aromatic rings. The number of nitrogens with zero attached hydrogens (tertiary/aromatic N) is 3. The Hall–Kier alpha value is -1.96. The molecule has 31 heavy (non-hydrogen) atoms. The van der Waals surface area contributed by atoms with Crippen molar-refractivity contribution >= 4 is 48.5 Å². The predicted molar refractivity (Wildman–Crippen MR) is 134 cm³/mol. The topological polar surface area (TPSA) is 45.7 Å². The molecular formula is C24H30BrN3O2S. The standard InChI is InChI=1S/C24H30BrN3O2S/c1-4-7-16-30-20-11-8-18(9-12-20)23(29)28(15-14-27(5-2)6-3)24-26-21-13-10-19(25)17-22(21)31-24/h8-13,17H,4-7,14-16H2,1-3H3. The van der Waals surface area contributed by atoms with Gasteiger partial charge in [-0.1, -0.05) is 54.5 Å². The lowest BCUT2D eigenvalue weighted by atomic mass is 10.2. The molecule has 0 aliphatic rings. The van der Waals surface area contributed by atoms with Gasteiger partial charge in [-0.25, -0.2) is 4.98 Å². The van der Waals surface area contributed by atoms with E-state index >= 15 is 0 Å². The average Bonchev–Trinajstić information content (AvgIpc) is 3.20. The molecule has 0 N–H and O–H groups in total. The number of carbonyl (C=O) groups is 1. The number of benzene rings is 2. The van der Waals surface area contributed by atoms with E-state index in [2.05, 4.69) is 41.6 Å². The molecule has 166 valence electrons. The molecule has 0 spiro atoms. The third-order valence-corrected chi connectivity index (χ3v) is 6.75. The van der Waals surface area contributed by atoms with Crippen molar-refractivity contribution in [2.75, 3.05) is 37.7 Å². The highest BCUT2D eigenvalue weighted by atomic mass is 79.9. The first-order chi connectivity index (χ1) is 15.0. The molecule has 2 aromatic carbocycles. The highest BCUT2D eigenvalue weighted by Gasteiger charge is 2.22. The number of fused-ring (bicyclic) bond motifs is 1. The fourth-order valence-electron chi connectivity index (χ4n) is 3.25. The van der Waals surface area contributed by atoms with Crippen LogP contribution in [0.25, 0.3) is 10.2 Å². The molecule has 1 heterocycles. The number of carbonyl (C=O) groups excluding carboxylic acids is 1. The number of rotatable bonds is 11. The molecule has 7 heteroatoms. The summed E-state index contributed by atoms with van der Waals surface area (Å²) in [5, 5.41) is 0.730. The van der Waals surface area contributed by atoms with E-state index in [4.69, 9.17) is 9.72 Å². The van der Waals surface area contributed by atoms with Crippen LogP contribution in [0.1, 0.15) is 44.0 Å². The fraction of sp³-hybridized carbons (Fsp3) is 0.417. The number of anilines is 1. The van der Waals surface area contributed by atoms with Crippen LogP contribution in [0.15, 0.2) is 46.9 Å². The van der Waals surface area contributed by atoms with Gasteiger partial charge in [0, 0.05) is 23.1 Å². The second kappa shape index (κ2) is 11.6. The lowest BCUT2D eigenvalue weighted by Gasteiger charge is -2.24. The number of halogens is 1. The van der Waals surface area contributed by atoms with Crippen molar-refractivity contribution in [1.29, 1.82) is 0 Å². The number of likely N-dealkylation sites (N-methyl/N-ethyl adjacent to an activating group) is 1. The molecule has 0 bridgehead atoms. The first-order valence-electron chi connectivity index (χ1n) is 10.9. The number of hydrogen-bond donors (Lipinski definition) is 0. The van der Waals surface area contributed by atoms with Crippen LogP contribution in [-0.2, 0) is 0 Å². The van der Waals surface area contributed by atoms with Gasteiger partial charge >= 0.3 is 0 Å². The van der Waals surface area contributed by atoms with Crippen molar-refractivity contribution < 1.29 is 9.53 Å². The van der Waals surface area contributed by atoms with Crippen LogP contribution in [0.2, 0.25) is 0 Å². The van der Waals surface area contributed by atoms with Crippen LogP contribution in [0.4, 0.5) is 5.13 Å². The maximum atomic E-state index is 13.5. The maximum Gasteiger partial charge on any atom is 0.260 e. The van der Waals surface area contributed by atoms with Gasteiger partial charge in [0.05, 0.1) is 16.8 Å². The van der Waals surface area contributed by atoms with Crippen LogP contribution in [-0.4, -0.2) is 48.6 Å². The molecule has 3 rings (SSSR count). The molecular weight excluding hydrogens is 474 g/mol. The largest absolute Gasteiger partial charge is 0.494 e. The highest BCUT2D eigenvalue weighted by Crippen LogP contribution is 2.31. The maximum absolute atomic E-state index is 13.5. The minimum Gasteiger partial charge on any atom is -0.494 e. The average molecular weight is 504 g/mol. The van der Waals surface area contributed by atoms with Crippen LogP contribution in [0, 0.1) is 0 Å². The summed E-state index contributed by atoms with van der Waals surface area (Å²) in [5.74, 6) is 0.759. The first-order valence-corrected chi connectivity index (χ1v) is 12.5. The van der Waals surface area contributed by atoms with E-state index in [0.717, 1.165) is 58.0 Å². The molecule has 1 amide bonds. The number of unbranched alkanes of at least 4 members (excludes halogenated alkanes) is 1. The Morgan fingerprint density at radius 1 is 1.06 bits per heavy atom. The van der Waals surface area contributed by atoms with Crippen molar-refractivity contribution in [2.24, 2.45) is 0 Å². The van der Waals surface area contributed by atoms with Gasteiger partial charge in [0.25, 0.3) is 5.91 Å². The van der Waals surface area contributed by atoms with Crippen LogP contribution in [0.3, 0.4) is 0 Å². The minimum absolute atomic E-state index is 0.0367. The zero-order chi connectivity index (χ0) is 22.2. The molecule has 0 aliphatic carbocycles. The molecule has 0 unspecified atom stereocenters. The second-order valence-corrected chi connectivity index (χ2v) is 9.24. The first kappa shape index (κ1) is 23.7. The molecule has 5 nitrogen and oxygen atoms in total. The van der Waals surface area contributed by atoms with Gasteiger partial charge in [0.15, 0.2) is 5.13 Å². The van der Waals surface area contributed by atoms with Crippen molar-refractivity contribution in [3.63, 3.8) is 0 Å². The van der Waals surface area contributed by atoms with E-state index in [1.165, 1.54) is 0 Å². The van der Waals surface area contributed by atoms with Crippen molar-refractivity contribution in [2.45, 2.75) is 33.6 Å². The minimum atomic E-state index is -0.0367.